The topological polar surface area (TPSA) is 98.0 Å². The zero-order chi connectivity index (χ0) is 14.4. The van der Waals surface area contributed by atoms with E-state index in [1.165, 1.54) is 19.3 Å². The average molecular weight is 264 g/mol. The summed E-state index contributed by atoms with van der Waals surface area (Å²) in [5.74, 6) is -0.670. The number of unbranched alkanes of at least 4 members (excludes halogenated alkanes) is 4. The summed E-state index contributed by atoms with van der Waals surface area (Å²) in [6.45, 7) is 3.21. The van der Waals surface area contributed by atoms with E-state index in [-0.39, 0.29) is 19.8 Å². The second kappa shape index (κ2) is 12.8. The van der Waals surface area contributed by atoms with Crippen LogP contribution in [0.15, 0.2) is 0 Å². The molecule has 0 radical (unpaired) electrons. The van der Waals surface area contributed by atoms with Gasteiger partial charge >= 0.3 is 5.97 Å². The molecule has 0 aromatic carbocycles. The Bertz CT molecular complexity index is 182. The number of aliphatic hydroxyl groups is 3. The van der Waals surface area contributed by atoms with E-state index in [1.54, 1.807) is 6.92 Å². The lowest BCUT2D eigenvalue weighted by Gasteiger charge is -2.20. The summed E-state index contributed by atoms with van der Waals surface area (Å²) in [6, 6.07) is 0. The van der Waals surface area contributed by atoms with Crippen molar-refractivity contribution in [1.82, 2.24) is 0 Å². The minimum absolute atomic E-state index is 0.181. The van der Waals surface area contributed by atoms with E-state index in [9.17, 15) is 4.79 Å². The van der Waals surface area contributed by atoms with Crippen LogP contribution < -0.4 is 0 Å². The molecule has 0 spiro atoms. The zero-order valence-corrected chi connectivity index (χ0v) is 11.6. The van der Waals surface area contributed by atoms with Crippen LogP contribution in [0.2, 0.25) is 0 Å². The molecular weight excluding hydrogens is 236 g/mol. The fraction of sp³-hybridized carbons (Fsp3) is 0.923. The first-order chi connectivity index (χ1) is 8.45. The van der Waals surface area contributed by atoms with Crippen LogP contribution in [0.5, 0.6) is 0 Å². The molecule has 5 nitrogen and oxygen atoms in total. The molecule has 0 saturated heterocycles. The summed E-state index contributed by atoms with van der Waals surface area (Å²) in [5.41, 5.74) is -0.708. The summed E-state index contributed by atoms with van der Waals surface area (Å²) in [5, 5.41) is 33.7. The summed E-state index contributed by atoms with van der Waals surface area (Å²) in [4.78, 5) is 10.0. The Morgan fingerprint density at radius 1 is 0.944 bits per heavy atom. The summed E-state index contributed by atoms with van der Waals surface area (Å²) in [7, 11) is 0. The molecule has 4 N–H and O–H groups in total. The molecule has 5 heteroatoms. The SMILES string of the molecule is CC(CO)(CO)CO.CCCCCCCC(=O)O. The number of carboxylic acid groups (broad SMARTS) is 1. The Kier molecular flexibility index (Phi) is 14.0. The monoisotopic (exact) mass is 264 g/mol. The van der Waals surface area contributed by atoms with Crippen molar-refractivity contribution in [3.8, 4) is 0 Å². The maximum Gasteiger partial charge on any atom is 0.303 e. The van der Waals surface area contributed by atoms with Crippen LogP contribution >= 0.6 is 0 Å². The third-order valence-corrected chi connectivity index (χ3v) is 2.64. The van der Waals surface area contributed by atoms with Gasteiger partial charge in [0.05, 0.1) is 19.8 Å². The summed E-state index contributed by atoms with van der Waals surface area (Å²) in [6.07, 6.45) is 5.88. The maximum atomic E-state index is 10.0. The lowest BCUT2D eigenvalue weighted by Crippen LogP contribution is -2.29. The zero-order valence-electron chi connectivity index (χ0n) is 11.6. The largest absolute Gasteiger partial charge is 0.481 e. The fourth-order valence-electron chi connectivity index (χ4n) is 1.03. The molecule has 0 aromatic rings. The molecular formula is C13H28O5. The van der Waals surface area contributed by atoms with Gasteiger partial charge in [0.2, 0.25) is 0 Å². The third kappa shape index (κ3) is 13.4. The van der Waals surface area contributed by atoms with E-state index in [0.717, 1.165) is 12.8 Å². The van der Waals surface area contributed by atoms with Crippen LogP contribution in [0.1, 0.15) is 52.4 Å². The molecule has 0 aliphatic heterocycles. The number of aliphatic hydroxyl groups excluding tert-OH is 3. The van der Waals surface area contributed by atoms with E-state index in [0.29, 0.717) is 6.42 Å². The maximum absolute atomic E-state index is 10.0. The average Bonchev–Trinajstić information content (AvgIpc) is 2.38. The summed E-state index contributed by atoms with van der Waals surface area (Å²) >= 11 is 0. The van der Waals surface area contributed by atoms with Crippen molar-refractivity contribution < 1.29 is 25.2 Å². The second-order valence-corrected chi connectivity index (χ2v) is 4.84. The van der Waals surface area contributed by atoms with E-state index in [2.05, 4.69) is 6.92 Å². The molecule has 18 heavy (non-hydrogen) atoms. The van der Waals surface area contributed by atoms with Gasteiger partial charge in [0.1, 0.15) is 0 Å². The number of carbonyl (C=O) groups is 1. The summed E-state index contributed by atoms with van der Waals surface area (Å²) < 4.78 is 0. The van der Waals surface area contributed by atoms with Crippen molar-refractivity contribution in [2.45, 2.75) is 52.4 Å². The van der Waals surface area contributed by atoms with Crippen molar-refractivity contribution in [3.63, 3.8) is 0 Å². The van der Waals surface area contributed by atoms with Gasteiger partial charge in [-0.1, -0.05) is 39.5 Å². The Labute approximate surface area is 109 Å². The van der Waals surface area contributed by atoms with Gasteiger partial charge < -0.3 is 20.4 Å². The number of rotatable bonds is 9. The molecule has 0 saturated carbocycles. The Hall–Kier alpha value is -0.650. The van der Waals surface area contributed by atoms with Crippen molar-refractivity contribution in [1.29, 1.82) is 0 Å². The number of hydrogen-bond donors (Lipinski definition) is 4. The second-order valence-electron chi connectivity index (χ2n) is 4.84. The highest BCUT2D eigenvalue weighted by atomic mass is 16.4. The predicted octanol–water partition coefficient (Wildman–Crippen LogP) is 1.40. The van der Waals surface area contributed by atoms with E-state index < -0.39 is 11.4 Å². The number of hydrogen-bond acceptors (Lipinski definition) is 4. The van der Waals surface area contributed by atoms with Crippen LogP contribution in [-0.2, 0) is 4.79 Å². The highest BCUT2D eigenvalue weighted by Crippen LogP contribution is 2.11. The standard InChI is InChI=1S/C8H16O2.C5H12O3/c1-2-3-4-5-6-7-8(9)10;1-5(2-6,3-7)4-8/h2-7H2,1H3,(H,9,10);6-8H,2-4H2,1H3. The molecule has 110 valence electrons. The quantitative estimate of drug-likeness (QED) is 0.472. The van der Waals surface area contributed by atoms with Crippen LogP contribution in [0.3, 0.4) is 0 Å². The van der Waals surface area contributed by atoms with Gasteiger partial charge in [-0.3, -0.25) is 4.79 Å². The first-order valence-electron chi connectivity index (χ1n) is 6.50. The van der Waals surface area contributed by atoms with Gasteiger partial charge in [-0.05, 0) is 6.42 Å². The number of aliphatic carboxylic acids is 1. The minimum atomic E-state index is -0.708. The molecule has 0 aliphatic rings. The van der Waals surface area contributed by atoms with Crippen LogP contribution in [0.4, 0.5) is 0 Å². The van der Waals surface area contributed by atoms with Gasteiger partial charge in [0.25, 0.3) is 0 Å². The van der Waals surface area contributed by atoms with Gasteiger partial charge in [-0.25, -0.2) is 0 Å². The Morgan fingerprint density at radius 2 is 1.39 bits per heavy atom. The first-order valence-corrected chi connectivity index (χ1v) is 6.50. The molecule has 0 bridgehead atoms. The fourth-order valence-corrected chi connectivity index (χ4v) is 1.03. The van der Waals surface area contributed by atoms with E-state index in [1.807, 2.05) is 0 Å². The van der Waals surface area contributed by atoms with Crippen LogP contribution in [-0.4, -0.2) is 46.2 Å². The minimum Gasteiger partial charge on any atom is -0.481 e. The Morgan fingerprint density at radius 3 is 1.67 bits per heavy atom. The Balaban J connectivity index is 0. The van der Waals surface area contributed by atoms with Gasteiger partial charge in [0, 0.05) is 11.8 Å². The smallest absolute Gasteiger partial charge is 0.303 e. The van der Waals surface area contributed by atoms with Gasteiger partial charge in [0.15, 0.2) is 0 Å². The lowest BCUT2D eigenvalue weighted by molar-refractivity contribution is -0.137. The van der Waals surface area contributed by atoms with Crippen LogP contribution in [0.25, 0.3) is 0 Å². The molecule has 0 unspecified atom stereocenters. The van der Waals surface area contributed by atoms with Crippen molar-refractivity contribution in [2.75, 3.05) is 19.8 Å². The lowest BCUT2D eigenvalue weighted by atomic mass is 9.95. The molecule has 0 amide bonds. The van der Waals surface area contributed by atoms with Gasteiger partial charge in [-0.15, -0.1) is 0 Å². The predicted molar refractivity (Wildman–Crippen MR) is 70.4 cm³/mol. The van der Waals surface area contributed by atoms with Gasteiger partial charge in [-0.2, -0.15) is 0 Å². The van der Waals surface area contributed by atoms with Crippen LogP contribution in [0, 0.1) is 5.41 Å². The molecule has 0 aliphatic carbocycles. The van der Waals surface area contributed by atoms with E-state index in [4.69, 9.17) is 20.4 Å². The van der Waals surface area contributed by atoms with E-state index >= 15 is 0 Å². The van der Waals surface area contributed by atoms with Crippen molar-refractivity contribution >= 4 is 5.97 Å². The molecule has 0 rings (SSSR count). The normalized spacial score (nSPS) is 10.7. The highest BCUT2D eigenvalue weighted by Gasteiger charge is 2.20. The van der Waals surface area contributed by atoms with Crippen molar-refractivity contribution in [3.05, 3.63) is 0 Å². The number of carboxylic acids is 1. The highest BCUT2D eigenvalue weighted by molar-refractivity contribution is 5.66. The van der Waals surface area contributed by atoms with Crippen molar-refractivity contribution in [2.24, 2.45) is 5.41 Å². The molecule has 0 fully saturated rings. The molecule has 0 heterocycles. The molecule has 0 aromatic heterocycles. The molecule has 0 atom stereocenters. The first kappa shape index (κ1) is 19.7. The third-order valence-electron chi connectivity index (χ3n) is 2.64.